The summed E-state index contributed by atoms with van der Waals surface area (Å²) in [6.07, 6.45) is 3.85. The van der Waals surface area contributed by atoms with Crippen LogP contribution in [0, 0.1) is 5.82 Å². The number of rotatable bonds is 7. The number of aromatic nitrogens is 4. The molecular formula is C27H32FN7. The van der Waals surface area contributed by atoms with Gasteiger partial charge >= 0.3 is 0 Å². The fourth-order valence-electron chi connectivity index (χ4n) is 4.61. The van der Waals surface area contributed by atoms with Crippen LogP contribution in [0.2, 0.25) is 0 Å². The second-order valence-electron chi connectivity index (χ2n) is 9.47. The maximum absolute atomic E-state index is 13.5. The molecule has 8 heteroatoms. The first kappa shape index (κ1) is 23.2. The van der Waals surface area contributed by atoms with E-state index in [-0.39, 0.29) is 5.82 Å². The van der Waals surface area contributed by atoms with Crippen molar-refractivity contribution < 1.29 is 4.39 Å². The normalized spacial score (nSPS) is 14.6. The van der Waals surface area contributed by atoms with Gasteiger partial charge in [0, 0.05) is 18.7 Å². The standard InChI is InChI=1S/C27H32FN7/c1-18(2)19-6-8-20(9-7-19)24-23-25(29)35(22-12-10-21(28)11-13-22)33-26(23)32-27(31-24)30-14-17-34-15-4-3-5-16-34/h6-13,18H,3-5,14-17,29H2,1-2H3,(H,30,32,33). The van der Waals surface area contributed by atoms with Crippen molar-refractivity contribution in [1.82, 2.24) is 24.6 Å². The quantitative estimate of drug-likeness (QED) is 0.383. The Hall–Kier alpha value is -3.52. The molecule has 0 atom stereocenters. The lowest BCUT2D eigenvalue weighted by molar-refractivity contribution is 0.237. The number of anilines is 2. The fraction of sp³-hybridized carbons (Fsp3) is 0.370. The Bertz CT molecular complexity index is 1290. The molecule has 1 aliphatic rings. The first-order valence-electron chi connectivity index (χ1n) is 12.4. The van der Waals surface area contributed by atoms with Crippen LogP contribution in [0.5, 0.6) is 0 Å². The second kappa shape index (κ2) is 10.00. The summed E-state index contributed by atoms with van der Waals surface area (Å²) in [7, 11) is 0. The van der Waals surface area contributed by atoms with Crippen LogP contribution in [0.15, 0.2) is 48.5 Å². The van der Waals surface area contributed by atoms with E-state index >= 15 is 0 Å². The summed E-state index contributed by atoms with van der Waals surface area (Å²) < 4.78 is 15.1. The van der Waals surface area contributed by atoms with Crippen LogP contribution in [0.1, 0.15) is 44.6 Å². The molecule has 7 nitrogen and oxygen atoms in total. The Morgan fingerprint density at radius 1 is 0.971 bits per heavy atom. The lowest BCUT2D eigenvalue weighted by Crippen LogP contribution is -2.33. The lowest BCUT2D eigenvalue weighted by Gasteiger charge is -2.26. The van der Waals surface area contributed by atoms with E-state index in [1.807, 2.05) is 0 Å². The van der Waals surface area contributed by atoms with E-state index in [0.717, 1.165) is 37.4 Å². The van der Waals surface area contributed by atoms with Crippen LogP contribution < -0.4 is 11.1 Å². The zero-order valence-corrected chi connectivity index (χ0v) is 20.3. The highest BCUT2D eigenvalue weighted by atomic mass is 19.1. The van der Waals surface area contributed by atoms with Gasteiger partial charge in [0.25, 0.3) is 0 Å². The molecule has 0 saturated carbocycles. The molecule has 2 aromatic carbocycles. The molecule has 0 unspecified atom stereocenters. The third-order valence-electron chi connectivity index (χ3n) is 6.65. The average Bonchev–Trinajstić information content (AvgIpc) is 3.21. The molecule has 0 amide bonds. The number of hydrogen-bond acceptors (Lipinski definition) is 6. The predicted octanol–water partition coefficient (Wildman–Crippen LogP) is 5.23. The molecule has 0 bridgehead atoms. The van der Waals surface area contributed by atoms with E-state index in [2.05, 4.69) is 58.4 Å². The molecule has 182 valence electrons. The van der Waals surface area contributed by atoms with Crippen molar-refractivity contribution in [2.45, 2.75) is 39.0 Å². The number of fused-ring (bicyclic) bond motifs is 1. The van der Waals surface area contributed by atoms with Crippen LogP contribution in [0.3, 0.4) is 0 Å². The number of nitrogens with zero attached hydrogens (tertiary/aromatic N) is 5. The molecule has 1 aliphatic heterocycles. The van der Waals surface area contributed by atoms with Gasteiger partial charge in [-0.1, -0.05) is 44.5 Å². The van der Waals surface area contributed by atoms with Crippen molar-refractivity contribution in [3.63, 3.8) is 0 Å². The summed E-state index contributed by atoms with van der Waals surface area (Å²) in [6.45, 7) is 8.35. The molecule has 0 radical (unpaired) electrons. The number of hydrogen-bond donors (Lipinski definition) is 2. The largest absolute Gasteiger partial charge is 0.383 e. The van der Waals surface area contributed by atoms with Gasteiger partial charge < -0.3 is 16.0 Å². The van der Waals surface area contributed by atoms with E-state index in [9.17, 15) is 4.39 Å². The number of nitrogens with one attached hydrogen (secondary N) is 1. The molecule has 35 heavy (non-hydrogen) atoms. The maximum Gasteiger partial charge on any atom is 0.225 e. The number of halogens is 1. The summed E-state index contributed by atoms with van der Waals surface area (Å²) in [5.41, 5.74) is 10.7. The molecule has 1 fully saturated rings. The van der Waals surface area contributed by atoms with Gasteiger partial charge in [-0.25, -0.2) is 14.1 Å². The van der Waals surface area contributed by atoms with Crippen molar-refractivity contribution >= 4 is 22.8 Å². The number of likely N-dealkylation sites (tertiary alicyclic amines) is 1. The van der Waals surface area contributed by atoms with Gasteiger partial charge in [0.2, 0.25) is 5.95 Å². The summed E-state index contributed by atoms with van der Waals surface area (Å²) >= 11 is 0. The average molecular weight is 474 g/mol. The van der Waals surface area contributed by atoms with E-state index in [1.165, 1.54) is 37.0 Å². The van der Waals surface area contributed by atoms with Crippen LogP contribution in [0.4, 0.5) is 16.2 Å². The lowest BCUT2D eigenvalue weighted by atomic mass is 10.00. The van der Waals surface area contributed by atoms with Gasteiger partial charge in [-0.3, -0.25) is 0 Å². The molecule has 4 aromatic rings. The van der Waals surface area contributed by atoms with Crippen molar-refractivity contribution in [2.75, 3.05) is 37.2 Å². The highest BCUT2D eigenvalue weighted by Crippen LogP contribution is 2.33. The Balaban J connectivity index is 1.53. The van der Waals surface area contributed by atoms with E-state index in [1.54, 1.807) is 16.8 Å². The van der Waals surface area contributed by atoms with Crippen LogP contribution in [-0.2, 0) is 0 Å². The van der Waals surface area contributed by atoms with Crippen molar-refractivity contribution in [3.05, 3.63) is 59.9 Å². The molecule has 2 aromatic heterocycles. The van der Waals surface area contributed by atoms with Crippen LogP contribution >= 0.6 is 0 Å². The molecule has 3 N–H and O–H groups in total. The van der Waals surface area contributed by atoms with Gasteiger partial charge in [-0.15, -0.1) is 5.10 Å². The monoisotopic (exact) mass is 473 g/mol. The predicted molar refractivity (Wildman–Crippen MR) is 139 cm³/mol. The number of benzene rings is 2. The van der Waals surface area contributed by atoms with Crippen molar-refractivity contribution in [2.24, 2.45) is 0 Å². The summed E-state index contributed by atoms with van der Waals surface area (Å²) in [4.78, 5) is 12.0. The first-order chi connectivity index (χ1) is 17.0. The van der Waals surface area contributed by atoms with Crippen LogP contribution in [0.25, 0.3) is 28.0 Å². The zero-order chi connectivity index (χ0) is 24.4. The fourth-order valence-corrected chi connectivity index (χ4v) is 4.61. The number of nitrogen functional groups attached to an aromatic ring is 1. The summed E-state index contributed by atoms with van der Waals surface area (Å²) in [6, 6.07) is 14.5. The van der Waals surface area contributed by atoms with E-state index in [0.29, 0.717) is 34.4 Å². The maximum atomic E-state index is 13.5. The SMILES string of the molecule is CC(C)c1ccc(-c2nc(NCCN3CCCCC3)nc3nn(-c4ccc(F)cc4)c(N)c23)cc1. The van der Waals surface area contributed by atoms with E-state index < -0.39 is 0 Å². The molecule has 1 saturated heterocycles. The Morgan fingerprint density at radius 2 is 1.69 bits per heavy atom. The number of nitrogens with two attached hydrogens (primary N) is 1. The van der Waals surface area contributed by atoms with Gasteiger partial charge in [0.1, 0.15) is 11.6 Å². The third-order valence-corrected chi connectivity index (χ3v) is 6.65. The van der Waals surface area contributed by atoms with Gasteiger partial charge in [-0.05, 0) is 61.7 Å². The van der Waals surface area contributed by atoms with Crippen LogP contribution in [-0.4, -0.2) is 50.8 Å². The molecule has 3 heterocycles. The topological polar surface area (TPSA) is 84.9 Å². The molecular weight excluding hydrogens is 441 g/mol. The van der Waals surface area contributed by atoms with Gasteiger partial charge in [0.05, 0.1) is 16.8 Å². The zero-order valence-electron chi connectivity index (χ0n) is 20.3. The van der Waals surface area contributed by atoms with Gasteiger partial charge in [0.15, 0.2) is 5.65 Å². The van der Waals surface area contributed by atoms with Crippen molar-refractivity contribution in [3.8, 4) is 16.9 Å². The highest BCUT2D eigenvalue weighted by molar-refractivity contribution is 5.99. The van der Waals surface area contributed by atoms with Crippen molar-refractivity contribution in [1.29, 1.82) is 0 Å². The number of piperidine rings is 1. The highest BCUT2D eigenvalue weighted by Gasteiger charge is 2.20. The first-order valence-corrected chi connectivity index (χ1v) is 12.4. The Labute approximate surface area is 205 Å². The smallest absolute Gasteiger partial charge is 0.225 e. The third kappa shape index (κ3) is 4.98. The Morgan fingerprint density at radius 3 is 2.37 bits per heavy atom. The second-order valence-corrected chi connectivity index (χ2v) is 9.47. The molecule has 0 aliphatic carbocycles. The van der Waals surface area contributed by atoms with E-state index in [4.69, 9.17) is 10.7 Å². The van der Waals surface area contributed by atoms with Gasteiger partial charge in [-0.2, -0.15) is 4.98 Å². The summed E-state index contributed by atoms with van der Waals surface area (Å²) in [5, 5.41) is 8.75. The molecule has 5 rings (SSSR count). The minimum atomic E-state index is -0.310. The summed E-state index contributed by atoms with van der Waals surface area (Å²) in [5.74, 6) is 1.08. The minimum Gasteiger partial charge on any atom is -0.383 e. The molecule has 0 spiro atoms. The minimum absolute atomic E-state index is 0.310. The Kier molecular flexibility index (Phi) is 6.63.